The summed E-state index contributed by atoms with van der Waals surface area (Å²) in [5, 5.41) is 3.52. The first-order valence-corrected chi connectivity index (χ1v) is 7.69. The maximum absolute atomic E-state index is 5.33. The maximum Gasteiger partial charge on any atom is 0.120 e. The van der Waals surface area contributed by atoms with E-state index in [0.29, 0.717) is 0 Å². The van der Waals surface area contributed by atoms with Crippen molar-refractivity contribution < 1.29 is 9.47 Å². The largest absolute Gasteiger partial charge is 0.497 e. The molecule has 0 radical (unpaired) electrons. The van der Waals surface area contributed by atoms with E-state index in [2.05, 4.69) is 46.4 Å². The molecular formula is C17H20BrNO2. The second kappa shape index (κ2) is 7.48. The van der Waals surface area contributed by atoms with Crippen LogP contribution in [0.3, 0.4) is 0 Å². The monoisotopic (exact) mass is 349 g/mol. The van der Waals surface area contributed by atoms with Crippen LogP contribution < -0.4 is 14.8 Å². The molecule has 2 aromatic carbocycles. The van der Waals surface area contributed by atoms with Gasteiger partial charge in [-0.15, -0.1) is 0 Å². The Bertz CT molecular complexity index is 601. The van der Waals surface area contributed by atoms with Crippen LogP contribution in [-0.2, 0) is 0 Å². The molecule has 4 heteroatoms. The van der Waals surface area contributed by atoms with Crippen molar-refractivity contribution in [2.45, 2.75) is 13.0 Å². The van der Waals surface area contributed by atoms with E-state index in [0.717, 1.165) is 22.5 Å². The highest BCUT2D eigenvalue weighted by atomic mass is 79.9. The standard InChI is InChI=1S/C17H20BrNO2/c1-4-19-17(12-6-5-7-13(10-12)20-2)15-9-8-14(21-3)11-16(15)18/h5-11,17,19H,4H2,1-3H3. The van der Waals surface area contributed by atoms with Gasteiger partial charge >= 0.3 is 0 Å². The van der Waals surface area contributed by atoms with Crippen molar-refractivity contribution in [3.8, 4) is 11.5 Å². The van der Waals surface area contributed by atoms with Crippen molar-refractivity contribution in [2.75, 3.05) is 20.8 Å². The SMILES string of the molecule is CCNC(c1cccc(OC)c1)c1ccc(OC)cc1Br. The molecule has 0 aliphatic rings. The van der Waals surface area contributed by atoms with Crippen LogP contribution in [0.25, 0.3) is 0 Å². The molecular weight excluding hydrogens is 330 g/mol. The van der Waals surface area contributed by atoms with Crippen molar-refractivity contribution in [1.82, 2.24) is 5.32 Å². The lowest BCUT2D eigenvalue weighted by molar-refractivity contribution is 0.413. The molecule has 0 fully saturated rings. The molecule has 0 aromatic heterocycles. The van der Waals surface area contributed by atoms with Gasteiger partial charge in [-0.1, -0.05) is 41.1 Å². The van der Waals surface area contributed by atoms with Crippen molar-refractivity contribution in [3.63, 3.8) is 0 Å². The summed E-state index contributed by atoms with van der Waals surface area (Å²) >= 11 is 3.64. The van der Waals surface area contributed by atoms with Crippen LogP contribution in [0.4, 0.5) is 0 Å². The normalized spacial score (nSPS) is 12.0. The Balaban J connectivity index is 2.42. The molecule has 0 aliphatic heterocycles. The Kier molecular flexibility index (Phi) is 5.65. The van der Waals surface area contributed by atoms with Gasteiger partial charge < -0.3 is 14.8 Å². The molecule has 0 saturated carbocycles. The molecule has 2 aromatic rings. The minimum Gasteiger partial charge on any atom is -0.497 e. The van der Waals surface area contributed by atoms with E-state index in [-0.39, 0.29) is 6.04 Å². The summed E-state index contributed by atoms with van der Waals surface area (Å²) in [6.07, 6.45) is 0. The predicted octanol–water partition coefficient (Wildman–Crippen LogP) is 4.17. The summed E-state index contributed by atoms with van der Waals surface area (Å²) in [6, 6.07) is 14.3. The smallest absolute Gasteiger partial charge is 0.120 e. The lowest BCUT2D eigenvalue weighted by Gasteiger charge is -2.21. The molecule has 21 heavy (non-hydrogen) atoms. The molecule has 112 valence electrons. The lowest BCUT2D eigenvalue weighted by atomic mass is 9.98. The molecule has 0 saturated heterocycles. The minimum atomic E-state index is 0.102. The Labute approximate surface area is 134 Å². The third-order valence-corrected chi connectivity index (χ3v) is 4.04. The summed E-state index contributed by atoms with van der Waals surface area (Å²) in [7, 11) is 3.36. The van der Waals surface area contributed by atoms with Gasteiger partial charge in [0.2, 0.25) is 0 Å². The zero-order valence-corrected chi connectivity index (χ0v) is 14.1. The van der Waals surface area contributed by atoms with E-state index >= 15 is 0 Å². The Morgan fingerprint density at radius 3 is 2.38 bits per heavy atom. The van der Waals surface area contributed by atoms with E-state index in [1.54, 1.807) is 14.2 Å². The average molecular weight is 350 g/mol. The number of nitrogens with one attached hydrogen (secondary N) is 1. The fourth-order valence-electron chi connectivity index (χ4n) is 2.30. The molecule has 0 amide bonds. The molecule has 0 heterocycles. The first-order chi connectivity index (χ1) is 10.2. The number of ether oxygens (including phenoxy) is 2. The summed E-state index contributed by atoms with van der Waals surface area (Å²) in [6.45, 7) is 2.98. The molecule has 0 spiro atoms. The summed E-state index contributed by atoms with van der Waals surface area (Å²) in [4.78, 5) is 0. The van der Waals surface area contributed by atoms with Crippen molar-refractivity contribution in [3.05, 3.63) is 58.1 Å². The Morgan fingerprint density at radius 1 is 1.05 bits per heavy atom. The Morgan fingerprint density at radius 2 is 1.76 bits per heavy atom. The number of hydrogen-bond donors (Lipinski definition) is 1. The van der Waals surface area contributed by atoms with Gasteiger partial charge in [-0.2, -0.15) is 0 Å². The number of methoxy groups -OCH3 is 2. The number of benzene rings is 2. The van der Waals surface area contributed by atoms with E-state index in [9.17, 15) is 0 Å². The molecule has 2 rings (SSSR count). The van der Waals surface area contributed by atoms with E-state index in [1.807, 2.05) is 24.3 Å². The summed E-state index contributed by atoms with van der Waals surface area (Å²) < 4.78 is 11.6. The quantitative estimate of drug-likeness (QED) is 0.848. The molecule has 1 atom stereocenters. The maximum atomic E-state index is 5.33. The second-order valence-electron chi connectivity index (χ2n) is 4.65. The third-order valence-electron chi connectivity index (χ3n) is 3.35. The highest BCUT2D eigenvalue weighted by Crippen LogP contribution is 2.32. The third kappa shape index (κ3) is 3.77. The van der Waals surface area contributed by atoms with E-state index in [1.165, 1.54) is 11.1 Å². The number of hydrogen-bond acceptors (Lipinski definition) is 3. The predicted molar refractivity (Wildman–Crippen MR) is 89.2 cm³/mol. The summed E-state index contributed by atoms with van der Waals surface area (Å²) in [5.41, 5.74) is 2.34. The molecule has 1 unspecified atom stereocenters. The van der Waals surface area contributed by atoms with Crippen molar-refractivity contribution in [1.29, 1.82) is 0 Å². The fourth-order valence-corrected chi connectivity index (χ4v) is 2.89. The lowest BCUT2D eigenvalue weighted by Crippen LogP contribution is -2.22. The topological polar surface area (TPSA) is 30.5 Å². The second-order valence-corrected chi connectivity index (χ2v) is 5.51. The van der Waals surface area contributed by atoms with Gasteiger partial charge in [0.1, 0.15) is 11.5 Å². The van der Waals surface area contributed by atoms with Crippen molar-refractivity contribution in [2.24, 2.45) is 0 Å². The number of halogens is 1. The van der Waals surface area contributed by atoms with Crippen LogP contribution in [0.15, 0.2) is 46.9 Å². The van der Waals surface area contributed by atoms with Crippen LogP contribution in [-0.4, -0.2) is 20.8 Å². The van der Waals surface area contributed by atoms with E-state index < -0.39 is 0 Å². The molecule has 1 N–H and O–H groups in total. The van der Waals surface area contributed by atoms with Gasteiger partial charge in [0.15, 0.2) is 0 Å². The van der Waals surface area contributed by atoms with Crippen LogP contribution in [0.2, 0.25) is 0 Å². The molecule has 3 nitrogen and oxygen atoms in total. The highest BCUT2D eigenvalue weighted by molar-refractivity contribution is 9.10. The van der Waals surface area contributed by atoms with Crippen molar-refractivity contribution >= 4 is 15.9 Å². The minimum absolute atomic E-state index is 0.102. The average Bonchev–Trinajstić information content (AvgIpc) is 2.53. The van der Waals surface area contributed by atoms with Crippen LogP contribution in [0.1, 0.15) is 24.1 Å². The van der Waals surface area contributed by atoms with Crippen LogP contribution >= 0.6 is 15.9 Å². The van der Waals surface area contributed by atoms with Gasteiger partial charge in [-0.05, 0) is 41.9 Å². The summed E-state index contributed by atoms with van der Waals surface area (Å²) in [5.74, 6) is 1.70. The fraction of sp³-hybridized carbons (Fsp3) is 0.294. The Hall–Kier alpha value is -1.52. The zero-order valence-electron chi connectivity index (χ0n) is 12.5. The number of rotatable bonds is 6. The first kappa shape index (κ1) is 15.9. The zero-order chi connectivity index (χ0) is 15.2. The first-order valence-electron chi connectivity index (χ1n) is 6.90. The van der Waals surface area contributed by atoms with Gasteiger partial charge in [0.25, 0.3) is 0 Å². The van der Waals surface area contributed by atoms with Crippen LogP contribution in [0, 0.1) is 0 Å². The van der Waals surface area contributed by atoms with Crippen LogP contribution in [0.5, 0.6) is 11.5 Å². The van der Waals surface area contributed by atoms with E-state index in [4.69, 9.17) is 9.47 Å². The highest BCUT2D eigenvalue weighted by Gasteiger charge is 2.17. The van der Waals surface area contributed by atoms with Gasteiger partial charge in [-0.3, -0.25) is 0 Å². The molecule has 0 aliphatic carbocycles. The van der Waals surface area contributed by atoms with Gasteiger partial charge in [0.05, 0.1) is 20.3 Å². The molecule has 0 bridgehead atoms. The van der Waals surface area contributed by atoms with Gasteiger partial charge in [0, 0.05) is 4.47 Å². The van der Waals surface area contributed by atoms with Gasteiger partial charge in [-0.25, -0.2) is 0 Å².